The zero-order chi connectivity index (χ0) is 15.4. The molecule has 0 aromatic heterocycles. The lowest BCUT2D eigenvalue weighted by Gasteiger charge is -2.29. The first-order chi connectivity index (χ1) is 10.8. The molecule has 0 N–H and O–H groups in total. The van der Waals surface area contributed by atoms with Gasteiger partial charge in [-0.3, -0.25) is 9.59 Å². The monoisotopic (exact) mass is 295 g/mol. The number of rotatable bonds is 4. The van der Waals surface area contributed by atoms with E-state index in [4.69, 9.17) is 4.74 Å². The molecule has 0 radical (unpaired) electrons. The molecule has 0 unspecified atom stereocenters. The van der Waals surface area contributed by atoms with Crippen molar-refractivity contribution in [2.24, 2.45) is 0 Å². The number of aldehydes is 1. The van der Waals surface area contributed by atoms with Gasteiger partial charge in [-0.25, -0.2) is 0 Å². The average molecular weight is 295 g/mol. The first-order valence-electron chi connectivity index (χ1n) is 7.34. The largest absolute Gasteiger partial charge is 0.484 e. The van der Waals surface area contributed by atoms with E-state index in [1.54, 1.807) is 29.2 Å². The smallest absolute Gasteiger partial charge is 0.264 e. The molecule has 4 nitrogen and oxygen atoms in total. The Kier molecular flexibility index (Phi) is 4.19. The number of benzene rings is 2. The molecule has 0 fully saturated rings. The zero-order valence-electron chi connectivity index (χ0n) is 12.2. The summed E-state index contributed by atoms with van der Waals surface area (Å²) in [6, 6.07) is 14.8. The average Bonchev–Trinajstić information content (AvgIpc) is 2.59. The molecule has 22 heavy (non-hydrogen) atoms. The van der Waals surface area contributed by atoms with E-state index in [0.29, 0.717) is 17.9 Å². The highest BCUT2D eigenvalue weighted by Gasteiger charge is 2.22. The summed E-state index contributed by atoms with van der Waals surface area (Å²) in [4.78, 5) is 25.0. The van der Waals surface area contributed by atoms with Gasteiger partial charge >= 0.3 is 0 Å². The predicted molar refractivity (Wildman–Crippen MR) is 84.4 cm³/mol. The quantitative estimate of drug-likeness (QED) is 0.815. The number of aryl methyl sites for hydroxylation is 1. The van der Waals surface area contributed by atoms with Crippen molar-refractivity contribution in [3.8, 4) is 5.75 Å². The number of hydrogen-bond donors (Lipinski definition) is 0. The zero-order valence-corrected chi connectivity index (χ0v) is 12.2. The van der Waals surface area contributed by atoms with Gasteiger partial charge in [-0.15, -0.1) is 0 Å². The van der Waals surface area contributed by atoms with E-state index < -0.39 is 0 Å². The minimum Gasteiger partial charge on any atom is -0.484 e. The highest BCUT2D eigenvalue weighted by Crippen LogP contribution is 2.26. The topological polar surface area (TPSA) is 46.6 Å². The number of nitrogens with zero attached hydrogens (tertiary/aromatic N) is 1. The van der Waals surface area contributed by atoms with Gasteiger partial charge in [0.2, 0.25) is 0 Å². The van der Waals surface area contributed by atoms with E-state index >= 15 is 0 Å². The second-order valence-corrected chi connectivity index (χ2v) is 5.26. The standard InChI is InChI=1S/C18H17NO3/c20-12-14-5-3-8-16(11-14)22-13-18(21)19-10-4-7-15-6-1-2-9-17(15)19/h1-3,5-6,8-9,11-12H,4,7,10,13H2. The molecule has 0 saturated heterocycles. The molecule has 0 saturated carbocycles. The normalized spacial score (nSPS) is 13.4. The Bertz CT molecular complexity index is 696. The van der Waals surface area contributed by atoms with Crippen molar-refractivity contribution >= 4 is 17.9 Å². The third-order valence-corrected chi connectivity index (χ3v) is 3.77. The van der Waals surface area contributed by atoms with Crippen molar-refractivity contribution in [2.45, 2.75) is 12.8 Å². The fraction of sp³-hybridized carbons (Fsp3) is 0.222. The van der Waals surface area contributed by atoms with Crippen LogP contribution in [0, 0.1) is 0 Å². The summed E-state index contributed by atoms with van der Waals surface area (Å²) < 4.78 is 5.53. The molecule has 1 heterocycles. The molecule has 3 rings (SSSR count). The maximum atomic E-state index is 12.4. The molecule has 112 valence electrons. The number of para-hydroxylation sites is 1. The van der Waals surface area contributed by atoms with Crippen LogP contribution in [0.5, 0.6) is 5.75 Å². The number of ether oxygens (including phenoxy) is 1. The molecular weight excluding hydrogens is 278 g/mol. The number of carbonyl (C=O) groups is 2. The van der Waals surface area contributed by atoms with Crippen LogP contribution in [-0.4, -0.2) is 25.3 Å². The molecule has 1 amide bonds. The lowest BCUT2D eigenvalue weighted by molar-refractivity contribution is -0.120. The third kappa shape index (κ3) is 3.01. The summed E-state index contributed by atoms with van der Waals surface area (Å²) in [6.07, 6.45) is 2.72. The Labute approximate surface area is 129 Å². The fourth-order valence-corrected chi connectivity index (χ4v) is 2.69. The first kappa shape index (κ1) is 14.3. The fourth-order valence-electron chi connectivity index (χ4n) is 2.69. The number of anilines is 1. The van der Waals surface area contributed by atoms with Crippen LogP contribution in [-0.2, 0) is 11.2 Å². The highest BCUT2D eigenvalue weighted by atomic mass is 16.5. The van der Waals surface area contributed by atoms with Gasteiger partial charge in [-0.1, -0.05) is 30.3 Å². The van der Waals surface area contributed by atoms with Crippen molar-refractivity contribution in [1.82, 2.24) is 0 Å². The van der Waals surface area contributed by atoms with Crippen LogP contribution in [0.2, 0.25) is 0 Å². The van der Waals surface area contributed by atoms with E-state index in [0.717, 1.165) is 24.8 Å². The van der Waals surface area contributed by atoms with Gasteiger partial charge in [0.1, 0.15) is 12.0 Å². The van der Waals surface area contributed by atoms with Crippen LogP contribution in [0.4, 0.5) is 5.69 Å². The maximum absolute atomic E-state index is 12.4. The van der Waals surface area contributed by atoms with E-state index in [1.807, 2.05) is 18.2 Å². The van der Waals surface area contributed by atoms with Crippen LogP contribution < -0.4 is 9.64 Å². The highest BCUT2D eigenvalue weighted by molar-refractivity contribution is 5.95. The lowest BCUT2D eigenvalue weighted by atomic mass is 10.0. The molecule has 1 aliphatic rings. The second-order valence-electron chi connectivity index (χ2n) is 5.26. The van der Waals surface area contributed by atoms with E-state index in [1.165, 1.54) is 5.56 Å². The molecule has 0 bridgehead atoms. The Morgan fingerprint density at radius 3 is 2.91 bits per heavy atom. The van der Waals surface area contributed by atoms with Crippen molar-refractivity contribution in [3.05, 3.63) is 59.7 Å². The van der Waals surface area contributed by atoms with Gasteiger partial charge in [0.05, 0.1) is 0 Å². The molecule has 2 aromatic carbocycles. The molecule has 4 heteroatoms. The van der Waals surface area contributed by atoms with Crippen LogP contribution in [0.3, 0.4) is 0 Å². The molecule has 2 aromatic rings. The maximum Gasteiger partial charge on any atom is 0.264 e. The first-order valence-corrected chi connectivity index (χ1v) is 7.34. The van der Waals surface area contributed by atoms with Crippen molar-refractivity contribution in [3.63, 3.8) is 0 Å². The van der Waals surface area contributed by atoms with E-state index in [-0.39, 0.29) is 12.5 Å². The Hall–Kier alpha value is -2.62. The Morgan fingerprint density at radius 1 is 1.18 bits per heavy atom. The summed E-state index contributed by atoms with van der Waals surface area (Å²) in [5, 5.41) is 0. The molecular formula is C18H17NO3. The van der Waals surface area contributed by atoms with Crippen molar-refractivity contribution in [2.75, 3.05) is 18.1 Å². The number of hydrogen-bond acceptors (Lipinski definition) is 3. The second kappa shape index (κ2) is 6.43. The summed E-state index contributed by atoms with van der Waals surface area (Å²) in [6.45, 7) is 0.685. The summed E-state index contributed by atoms with van der Waals surface area (Å²) in [5.74, 6) is 0.465. The Balaban J connectivity index is 1.69. The van der Waals surface area contributed by atoms with E-state index in [2.05, 4.69) is 6.07 Å². The van der Waals surface area contributed by atoms with Gasteiger partial charge < -0.3 is 9.64 Å². The lowest BCUT2D eigenvalue weighted by Crippen LogP contribution is -2.38. The van der Waals surface area contributed by atoms with E-state index in [9.17, 15) is 9.59 Å². The molecule has 0 aliphatic carbocycles. The van der Waals surface area contributed by atoms with Gasteiger partial charge in [-0.2, -0.15) is 0 Å². The predicted octanol–water partition coefficient (Wildman–Crippen LogP) is 2.86. The molecule has 1 aliphatic heterocycles. The summed E-state index contributed by atoms with van der Waals surface area (Å²) in [5.41, 5.74) is 2.71. The number of amides is 1. The van der Waals surface area contributed by atoms with Crippen LogP contribution in [0.1, 0.15) is 22.3 Å². The van der Waals surface area contributed by atoms with Gasteiger partial charge in [0.25, 0.3) is 5.91 Å². The molecule has 0 spiro atoms. The van der Waals surface area contributed by atoms with Crippen LogP contribution in [0.15, 0.2) is 48.5 Å². The summed E-state index contributed by atoms with van der Waals surface area (Å²) in [7, 11) is 0. The van der Waals surface area contributed by atoms with Crippen LogP contribution >= 0.6 is 0 Å². The number of fused-ring (bicyclic) bond motifs is 1. The third-order valence-electron chi connectivity index (χ3n) is 3.77. The minimum absolute atomic E-state index is 0.0311. The van der Waals surface area contributed by atoms with Gasteiger partial charge in [0, 0.05) is 17.8 Å². The van der Waals surface area contributed by atoms with Crippen LogP contribution in [0.25, 0.3) is 0 Å². The molecule has 0 atom stereocenters. The SMILES string of the molecule is O=Cc1cccc(OCC(=O)N2CCCc3ccccc32)c1. The Morgan fingerprint density at radius 2 is 2.05 bits per heavy atom. The minimum atomic E-state index is -0.0661. The number of carbonyl (C=O) groups excluding carboxylic acids is 2. The van der Waals surface area contributed by atoms with Crippen molar-refractivity contribution in [1.29, 1.82) is 0 Å². The van der Waals surface area contributed by atoms with Gasteiger partial charge in [0.15, 0.2) is 6.61 Å². The summed E-state index contributed by atoms with van der Waals surface area (Å²) >= 11 is 0. The van der Waals surface area contributed by atoms with Gasteiger partial charge in [-0.05, 0) is 36.6 Å². The van der Waals surface area contributed by atoms with Crippen molar-refractivity contribution < 1.29 is 14.3 Å².